The molecule has 0 saturated carbocycles. The molecule has 3 heterocycles. The topological polar surface area (TPSA) is 74.3 Å². The van der Waals surface area contributed by atoms with Crippen LogP contribution in [0.2, 0.25) is 5.02 Å². The number of imidazole rings is 1. The number of methoxy groups -OCH3 is 1. The van der Waals surface area contributed by atoms with Gasteiger partial charge in [0.1, 0.15) is 0 Å². The monoisotopic (exact) mass is 403 g/mol. The predicted octanol–water partition coefficient (Wildman–Crippen LogP) is 1.98. The standard InChI is InChI=1S/C19H22ClN5O3/c1-12-10-24(14-6-4-13(20)5-7-14)18-21-16-15(25(18)11-12)17(26)23(8-9-28-3)19(27)22(16)2/h4-7,12H,8-11H2,1-3H3/t12-/m0/s1. The van der Waals surface area contributed by atoms with Crippen molar-refractivity contribution in [3.05, 3.63) is 50.1 Å². The van der Waals surface area contributed by atoms with Crippen LogP contribution in [0.4, 0.5) is 11.6 Å². The molecule has 28 heavy (non-hydrogen) atoms. The number of hydrogen-bond acceptors (Lipinski definition) is 5. The summed E-state index contributed by atoms with van der Waals surface area (Å²) in [7, 11) is 3.18. The van der Waals surface area contributed by atoms with Crippen molar-refractivity contribution in [2.24, 2.45) is 13.0 Å². The summed E-state index contributed by atoms with van der Waals surface area (Å²) < 4.78 is 9.62. The Morgan fingerprint density at radius 2 is 1.93 bits per heavy atom. The number of nitrogens with zero attached hydrogens (tertiary/aromatic N) is 5. The van der Waals surface area contributed by atoms with Crippen molar-refractivity contribution in [2.45, 2.75) is 20.0 Å². The van der Waals surface area contributed by atoms with E-state index in [1.54, 1.807) is 14.2 Å². The van der Waals surface area contributed by atoms with E-state index in [9.17, 15) is 9.59 Å². The van der Waals surface area contributed by atoms with Crippen LogP contribution in [0, 0.1) is 5.92 Å². The average molecular weight is 404 g/mol. The first-order valence-electron chi connectivity index (χ1n) is 9.14. The van der Waals surface area contributed by atoms with Gasteiger partial charge >= 0.3 is 5.69 Å². The molecule has 1 aliphatic rings. The normalized spacial score (nSPS) is 16.6. The highest BCUT2D eigenvalue weighted by molar-refractivity contribution is 6.30. The van der Waals surface area contributed by atoms with Crippen LogP contribution in [0.15, 0.2) is 33.9 Å². The van der Waals surface area contributed by atoms with Crippen LogP contribution >= 0.6 is 11.6 Å². The molecule has 4 rings (SSSR count). The van der Waals surface area contributed by atoms with Crippen LogP contribution in [-0.2, 0) is 24.9 Å². The van der Waals surface area contributed by atoms with E-state index in [-0.39, 0.29) is 18.7 Å². The van der Waals surface area contributed by atoms with E-state index in [1.807, 2.05) is 28.8 Å². The lowest BCUT2D eigenvalue weighted by Crippen LogP contribution is -2.41. The van der Waals surface area contributed by atoms with Crippen molar-refractivity contribution < 1.29 is 4.74 Å². The van der Waals surface area contributed by atoms with Gasteiger partial charge in [-0.15, -0.1) is 0 Å². The molecule has 0 fully saturated rings. The molecule has 0 unspecified atom stereocenters. The van der Waals surface area contributed by atoms with E-state index in [0.29, 0.717) is 34.6 Å². The van der Waals surface area contributed by atoms with Gasteiger partial charge in [-0.3, -0.25) is 13.9 Å². The molecule has 8 nitrogen and oxygen atoms in total. The zero-order valence-corrected chi connectivity index (χ0v) is 16.8. The molecular formula is C19H22ClN5O3. The van der Waals surface area contributed by atoms with Crippen molar-refractivity contribution in [1.82, 2.24) is 18.7 Å². The van der Waals surface area contributed by atoms with E-state index in [4.69, 9.17) is 16.3 Å². The lowest BCUT2D eigenvalue weighted by molar-refractivity contribution is 0.184. The molecule has 0 bridgehead atoms. The zero-order chi connectivity index (χ0) is 20.0. The van der Waals surface area contributed by atoms with Gasteiger partial charge in [-0.1, -0.05) is 18.5 Å². The smallest absolute Gasteiger partial charge is 0.332 e. The first-order chi connectivity index (χ1) is 13.4. The molecular weight excluding hydrogens is 382 g/mol. The van der Waals surface area contributed by atoms with Gasteiger partial charge in [0.25, 0.3) is 5.56 Å². The maximum absolute atomic E-state index is 13.1. The van der Waals surface area contributed by atoms with Crippen LogP contribution in [-0.4, -0.2) is 38.9 Å². The van der Waals surface area contributed by atoms with E-state index in [2.05, 4.69) is 16.8 Å². The van der Waals surface area contributed by atoms with Crippen LogP contribution < -0.4 is 16.1 Å². The Bertz CT molecular complexity index is 1150. The molecule has 1 atom stereocenters. The van der Waals surface area contributed by atoms with E-state index < -0.39 is 5.69 Å². The van der Waals surface area contributed by atoms with Crippen LogP contribution in [0.5, 0.6) is 0 Å². The van der Waals surface area contributed by atoms with E-state index >= 15 is 0 Å². The van der Waals surface area contributed by atoms with Crippen LogP contribution in [0.25, 0.3) is 11.2 Å². The molecule has 0 aliphatic carbocycles. The number of ether oxygens (including phenoxy) is 1. The molecule has 2 aromatic heterocycles. The van der Waals surface area contributed by atoms with E-state index in [1.165, 1.54) is 9.13 Å². The zero-order valence-electron chi connectivity index (χ0n) is 16.1. The molecule has 3 aromatic rings. The first kappa shape index (κ1) is 18.8. The number of anilines is 2. The second-order valence-corrected chi connectivity index (χ2v) is 7.61. The fourth-order valence-corrected chi connectivity index (χ4v) is 3.85. The fourth-order valence-electron chi connectivity index (χ4n) is 3.72. The molecule has 9 heteroatoms. The summed E-state index contributed by atoms with van der Waals surface area (Å²) in [6.07, 6.45) is 0. The Kier molecular flexibility index (Phi) is 4.76. The maximum Gasteiger partial charge on any atom is 0.332 e. The van der Waals surface area contributed by atoms with E-state index in [0.717, 1.165) is 12.2 Å². The summed E-state index contributed by atoms with van der Waals surface area (Å²) in [4.78, 5) is 32.5. The average Bonchev–Trinajstić information content (AvgIpc) is 3.06. The minimum atomic E-state index is -0.393. The second-order valence-electron chi connectivity index (χ2n) is 7.18. The largest absolute Gasteiger partial charge is 0.383 e. The van der Waals surface area contributed by atoms with Gasteiger partial charge in [0, 0.05) is 38.0 Å². The highest BCUT2D eigenvalue weighted by atomic mass is 35.5. The molecule has 148 valence electrons. The predicted molar refractivity (Wildman–Crippen MR) is 109 cm³/mol. The molecule has 0 radical (unpaired) electrons. The number of halogens is 1. The number of rotatable bonds is 4. The minimum absolute atomic E-state index is 0.203. The maximum atomic E-state index is 13.1. The van der Waals surface area contributed by atoms with Gasteiger partial charge in [0.05, 0.1) is 13.2 Å². The molecule has 0 N–H and O–H groups in total. The highest BCUT2D eigenvalue weighted by Gasteiger charge is 2.29. The summed E-state index contributed by atoms with van der Waals surface area (Å²) in [5, 5.41) is 0.658. The number of benzene rings is 1. The lowest BCUT2D eigenvalue weighted by atomic mass is 10.1. The minimum Gasteiger partial charge on any atom is -0.383 e. The molecule has 0 spiro atoms. The van der Waals surface area contributed by atoms with Gasteiger partial charge in [-0.25, -0.2) is 4.79 Å². The lowest BCUT2D eigenvalue weighted by Gasteiger charge is -2.33. The number of fused-ring (bicyclic) bond motifs is 3. The number of aromatic nitrogens is 4. The van der Waals surface area contributed by atoms with Gasteiger partial charge in [-0.05, 0) is 30.2 Å². The van der Waals surface area contributed by atoms with Gasteiger partial charge in [-0.2, -0.15) is 4.98 Å². The first-order valence-corrected chi connectivity index (χ1v) is 9.52. The van der Waals surface area contributed by atoms with Crippen molar-refractivity contribution in [3.8, 4) is 0 Å². The third kappa shape index (κ3) is 2.93. The second kappa shape index (κ2) is 7.10. The number of aryl methyl sites for hydroxylation is 1. The summed E-state index contributed by atoms with van der Waals surface area (Å²) in [6.45, 7) is 4.04. The van der Waals surface area contributed by atoms with Gasteiger partial charge in [0.2, 0.25) is 5.95 Å². The Hall–Kier alpha value is -2.58. The molecule has 0 amide bonds. The Balaban J connectivity index is 1.96. The van der Waals surface area contributed by atoms with Crippen molar-refractivity contribution >= 4 is 34.4 Å². The Morgan fingerprint density at radius 1 is 1.21 bits per heavy atom. The van der Waals surface area contributed by atoms with Gasteiger partial charge in [0.15, 0.2) is 11.2 Å². The van der Waals surface area contributed by atoms with Crippen LogP contribution in [0.3, 0.4) is 0 Å². The number of hydrogen-bond donors (Lipinski definition) is 0. The van der Waals surface area contributed by atoms with Crippen LogP contribution in [0.1, 0.15) is 6.92 Å². The SMILES string of the molecule is COCCn1c(=O)c2c(nc3n2C[C@@H](C)CN3c2ccc(Cl)cc2)n(C)c1=O. The fraction of sp³-hybridized carbons (Fsp3) is 0.421. The summed E-state index contributed by atoms with van der Waals surface area (Å²) >= 11 is 6.03. The Labute approximate surface area is 166 Å². The van der Waals surface area contributed by atoms with Crippen molar-refractivity contribution in [2.75, 3.05) is 25.2 Å². The third-order valence-electron chi connectivity index (χ3n) is 5.10. The summed E-state index contributed by atoms with van der Waals surface area (Å²) in [6, 6.07) is 7.52. The summed E-state index contributed by atoms with van der Waals surface area (Å²) in [5.74, 6) is 0.955. The highest BCUT2D eigenvalue weighted by Crippen LogP contribution is 2.33. The molecule has 1 aromatic carbocycles. The quantitative estimate of drug-likeness (QED) is 0.666. The van der Waals surface area contributed by atoms with Crippen molar-refractivity contribution in [3.63, 3.8) is 0 Å². The van der Waals surface area contributed by atoms with Gasteiger partial charge < -0.3 is 14.2 Å². The molecule has 0 saturated heterocycles. The Morgan fingerprint density at radius 3 is 2.61 bits per heavy atom. The van der Waals surface area contributed by atoms with Crippen molar-refractivity contribution in [1.29, 1.82) is 0 Å². The third-order valence-corrected chi connectivity index (χ3v) is 5.35. The summed E-state index contributed by atoms with van der Waals surface area (Å²) in [5.41, 5.74) is 1.05. The molecule has 1 aliphatic heterocycles.